The molecule has 1 atom stereocenters. The molecule has 1 aliphatic heterocycles. The first-order valence-corrected chi connectivity index (χ1v) is 10.8. The molecule has 162 valence electrons. The highest BCUT2D eigenvalue weighted by molar-refractivity contribution is 6.32. The van der Waals surface area contributed by atoms with Crippen molar-refractivity contribution in [1.29, 1.82) is 0 Å². The second-order valence-corrected chi connectivity index (χ2v) is 7.76. The van der Waals surface area contributed by atoms with Crippen molar-refractivity contribution in [3.05, 3.63) is 29.3 Å². The fraction of sp³-hybridized carbons (Fsp3) is 0.619. The Bertz CT molecular complexity index is 662. The van der Waals surface area contributed by atoms with E-state index in [-0.39, 0.29) is 12.0 Å². The van der Waals surface area contributed by atoms with E-state index in [4.69, 9.17) is 16.3 Å². The summed E-state index contributed by atoms with van der Waals surface area (Å²) in [6, 6.07) is 7.81. The van der Waals surface area contributed by atoms with Crippen LogP contribution in [0.3, 0.4) is 0 Å². The SMILES string of the molecule is CCCNC(=O)CN1CCC(NC(=NC)NCC(C)Oc2ccccc2Cl)CC1. The number of nitrogens with zero attached hydrogens (tertiary/aromatic N) is 2. The monoisotopic (exact) mass is 423 g/mol. The quantitative estimate of drug-likeness (QED) is 0.419. The number of rotatable bonds is 9. The molecule has 0 aliphatic carbocycles. The van der Waals surface area contributed by atoms with Crippen LogP contribution >= 0.6 is 11.6 Å². The molecule has 1 unspecified atom stereocenters. The van der Waals surface area contributed by atoms with Gasteiger partial charge in [0.15, 0.2) is 5.96 Å². The molecule has 0 aromatic heterocycles. The highest BCUT2D eigenvalue weighted by atomic mass is 35.5. The number of carbonyl (C=O) groups excluding carboxylic acids is 1. The fourth-order valence-corrected chi connectivity index (χ4v) is 3.37. The first-order chi connectivity index (χ1) is 14.0. The number of aliphatic imine (C=N–C) groups is 1. The molecule has 0 saturated carbocycles. The highest BCUT2D eigenvalue weighted by Gasteiger charge is 2.21. The van der Waals surface area contributed by atoms with E-state index >= 15 is 0 Å². The van der Waals surface area contributed by atoms with Crippen LogP contribution in [0.25, 0.3) is 0 Å². The first kappa shape index (κ1) is 23.3. The van der Waals surface area contributed by atoms with Gasteiger partial charge in [-0.15, -0.1) is 0 Å². The standard InChI is InChI=1S/C21H34ClN5O2/c1-4-11-24-20(28)15-27-12-9-17(10-13-27)26-21(23-3)25-14-16(2)29-19-8-6-5-7-18(19)22/h5-8,16-17H,4,9-15H2,1-3H3,(H,24,28)(H2,23,25,26). The van der Waals surface area contributed by atoms with Crippen molar-refractivity contribution in [3.63, 3.8) is 0 Å². The van der Waals surface area contributed by atoms with Gasteiger partial charge in [0.25, 0.3) is 0 Å². The van der Waals surface area contributed by atoms with Crippen molar-refractivity contribution in [2.45, 2.75) is 45.3 Å². The molecule has 0 bridgehead atoms. The molecule has 7 nitrogen and oxygen atoms in total. The summed E-state index contributed by atoms with van der Waals surface area (Å²) in [7, 11) is 1.77. The Morgan fingerprint density at radius 2 is 2.03 bits per heavy atom. The summed E-state index contributed by atoms with van der Waals surface area (Å²) in [5.41, 5.74) is 0. The molecule has 0 radical (unpaired) electrons. The molecule has 1 aromatic rings. The van der Waals surface area contributed by atoms with Gasteiger partial charge < -0.3 is 20.7 Å². The van der Waals surface area contributed by atoms with Crippen molar-refractivity contribution >= 4 is 23.5 Å². The number of benzene rings is 1. The lowest BCUT2D eigenvalue weighted by atomic mass is 10.1. The first-order valence-electron chi connectivity index (χ1n) is 10.4. The van der Waals surface area contributed by atoms with E-state index < -0.39 is 0 Å². The lowest BCUT2D eigenvalue weighted by Gasteiger charge is -2.32. The van der Waals surface area contributed by atoms with Crippen LogP contribution in [0.15, 0.2) is 29.3 Å². The number of halogens is 1. The predicted molar refractivity (Wildman–Crippen MR) is 119 cm³/mol. The number of hydrogen-bond acceptors (Lipinski definition) is 4. The molecular formula is C21H34ClN5O2. The Hall–Kier alpha value is -1.99. The lowest BCUT2D eigenvalue weighted by molar-refractivity contribution is -0.122. The molecule has 0 spiro atoms. The van der Waals surface area contributed by atoms with Crippen molar-refractivity contribution in [2.24, 2.45) is 4.99 Å². The number of para-hydroxylation sites is 1. The molecule has 1 fully saturated rings. The van der Waals surface area contributed by atoms with Gasteiger partial charge in [-0.3, -0.25) is 14.7 Å². The number of piperidine rings is 1. The normalized spacial score (nSPS) is 16.9. The number of hydrogen-bond donors (Lipinski definition) is 3. The number of carbonyl (C=O) groups is 1. The topological polar surface area (TPSA) is 78.0 Å². The Morgan fingerprint density at radius 1 is 1.31 bits per heavy atom. The van der Waals surface area contributed by atoms with Gasteiger partial charge in [-0.2, -0.15) is 0 Å². The summed E-state index contributed by atoms with van der Waals surface area (Å²) >= 11 is 6.14. The molecule has 8 heteroatoms. The third kappa shape index (κ3) is 8.50. The van der Waals surface area contributed by atoms with Crippen molar-refractivity contribution in [1.82, 2.24) is 20.9 Å². The number of likely N-dealkylation sites (tertiary alicyclic amines) is 1. The Kier molecular flexibility index (Phi) is 10.1. The molecule has 1 heterocycles. The zero-order valence-corrected chi connectivity index (χ0v) is 18.5. The summed E-state index contributed by atoms with van der Waals surface area (Å²) in [6.07, 6.45) is 2.86. The third-order valence-electron chi connectivity index (χ3n) is 4.81. The minimum absolute atomic E-state index is 0.0584. The van der Waals surface area contributed by atoms with E-state index in [2.05, 4.69) is 32.8 Å². The van der Waals surface area contributed by atoms with Crippen LogP contribution < -0.4 is 20.7 Å². The summed E-state index contributed by atoms with van der Waals surface area (Å²) in [6.45, 7) is 7.70. The molecule has 3 N–H and O–H groups in total. The lowest BCUT2D eigenvalue weighted by Crippen LogP contribution is -2.51. The Balaban J connectivity index is 1.68. The minimum atomic E-state index is -0.0584. The average molecular weight is 424 g/mol. The van der Waals surface area contributed by atoms with Crippen molar-refractivity contribution in [2.75, 3.05) is 39.8 Å². The number of nitrogens with one attached hydrogen (secondary N) is 3. The third-order valence-corrected chi connectivity index (χ3v) is 5.13. The van der Waals surface area contributed by atoms with Crippen LogP contribution in [0.5, 0.6) is 5.75 Å². The smallest absolute Gasteiger partial charge is 0.234 e. The maximum Gasteiger partial charge on any atom is 0.234 e. The van der Waals surface area contributed by atoms with E-state index in [1.54, 1.807) is 7.05 Å². The van der Waals surface area contributed by atoms with Crippen LogP contribution in [-0.2, 0) is 4.79 Å². The van der Waals surface area contributed by atoms with Gasteiger partial charge in [0.1, 0.15) is 11.9 Å². The van der Waals surface area contributed by atoms with E-state index in [0.29, 0.717) is 29.9 Å². The van der Waals surface area contributed by atoms with Crippen LogP contribution in [0.4, 0.5) is 0 Å². The highest BCUT2D eigenvalue weighted by Crippen LogP contribution is 2.24. The van der Waals surface area contributed by atoms with Crippen molar-refractivity contribution < 1.29 is 9.53 Å². The van der Waals surface area contributed by atoms with E-state index in [1.165, 1.54) is 0 Å². The fourth-order valence-electron chi connectivity index (χ4n) is 3.19. The van der Waals surface area contributed by atoms with Gasteiger partial charge in [0, 0.05) is 32.7 Å². The summed E-state index contributed by atoms with van der Waals surface area (Å²) in [5.74, 6) is 1.56. The molecule has 1 aromatic carbocycles. The van der Waals surface area contributed by atoms with Crippen LogP contribution in [0.1, 0.15) is 33.1 Å². The zero-order chi connectivity index (χ0) is 21.1. The summed E-state index contributed by atoms with van der Waals surface area (Å²) < 4.78 is 5.89. The van der Waals surface area contributed by atoms with Crippen molar-refractivity contribution in [3.8, 4) is 5.75 Å². The second kappa shape index (κ2) is 12.5. The number of amides is 1. The molecule has 29 heavy (non-hydrogen) atoms. The van der Waals surface area contributed by atoms with Gasteiger partial charge in [-0.25, -0.2) is 0 Å². The predicted octanol–water partition coefficient (Wildman–Crippen LogP) is 2.26. The zero-order valence-electron chi connectivity index (χ0n) is 17.7. The van der Waals surface area contributed by atoms with Gasteiger partial charge >= 0.3 is 0 Å². The molecule has 1 amide bonds. The maximum atomic E-state index is 11.9. The van der Waals surface area contributed by atoms with Gasteiger partial charge in [-0.05, 0) is 38.3 Å². The van der Waals surface area contributed by atoms with Gasteiger partial charge in [-0.1, -0.05) is 30.7 Å². The second-order valence-electron chi connectivity index (χ2n) is 7.36. The molecular weight excluding hydrogens is 390 g/mol. The minimum Gasteiger partial charge on any atom is -0.487 e. The van der Waals surface area contributed by atoms with Gasteiger partial charge in [0.2, 0.25) is 5.91 Å². The van der Waals surface area contributed by atoms with Crippen LogP contribution in [0.2, 0.25) is 5.02 Å². The summed E-state index contributed by atoms with van der Waals surface area (Å²) in [4.78, 5) is 18.4. The van der Waals surface area contributed by atoms with E-state index in [1.807, 2.05) is 31.2 Å². The molecule has 1 saturated heterocycles. The van der Waals surface area contributed by atoms with E-state index in [0.717, 1.165) is 44.9 Å². The number of ether oxygens (including phenoxy) is 1. The van der Waals surface area contributed by atoms with E-state index in [9.17, 15) is 4.79 Å². The van der Waals surface area contributed by atoms with Crippen LogP contribution in [0, 0.1) is 0 Å². The Morgan fingerprint density at radius 3 is 2.69 bits per heavy atom. The average Bonchev–Trinajstić information content (AvgIpc) is 2.72. The summed E-state index contributed by atoms with van der Waals surface area (Å²) in [5, 5.41) is 10.3. The number of guanidine groups is 1. The van der Waals surface area contributed by atoms with Gasteiger partial charge in [0.05, 0.1) is 18.1 Å². The largest absolute Gasteiger partial charge is 0.487 e. The molecule has 2 rings (SSSR count). The van der Waals surface area contributed by atoms with Crippen LogP contribution in [-0.4, -0.2) is 68.7 Å². The maximum absolute atomic E-state index is 11.9. The molecule has 1 aliphatic rings. The Labute approximate surface area is 179 Å².